The SMILES string of the molecule is C1CCC2C3NC(NC4NC(NC5NC(NC6NC(N3)C3CCCCC63)C3CCCCC53)C3CCCCC43)C2C1.C=C(C)COC(CC)[Si](C)(C)O[SiH2]O[Si](C)(C)C(CC)OCC(=C)C. The highest BCUT2D eigenvalue weighted by molar-refractivity contribution is 6.79. The van der Waals surface area contributed by atoms with Crippen molar-refractivity contribution in [3.63, 3.8) is 0 Å². The van der Waals surface area contributed by atoms with Crippen LogP contribution in [0.2, 0.25) is 26.2 Å². The standard InChI is InChI=1S/C32H56N8.C18H40O4Si3/c1-2-10-18-17(9-1)25-33-26(18)38-28-21-13-5-6-14-22(21)30(35-28)40-32-24-16-8-7-15-23(24)31(36-32)39-29-20-12-4-3-11-19(20)27(34-29)37-25;1-11-17(19-13-15(3)4)24(7,8)21-23-22-25(9,10)18(12-2)20-14-16(5)6/h17-40H,1-16H2;17-18H,3,5,11-14,23H2,1-2,4,6-10H3. The third-order valence-electron chi connectivity index (χ3n) is 18.0. The van der Waals surface area contributed by atoms with Crippen molar-refractivity contribution in [3.05, 3.63) is 24.3 Å². The average molecular weight is 958 g/mol. The van der Waals surface area contributed by atoms with Crippen LogP contribution in [0.3, 0.4) is 0 Å². The third-order valence-corrected chi connectivity index (χ3v) is 29.2. The van der Waals surface area contributed by atoms with Gasteiger partial charge in [0, 0.05) is 0 Å². The van der Waals surface area contributed by atoms with Gasteiger partial charge in [0.1, 0.15) is 0 Å². The second-order valence-electron chi connectivity index (χ2n) is 23.5. The molecule has 10 atom stereocenters. The largest absolute Gasteiger partial charge is 0.439 e. The van der Waals surface area contributed by atoms with E-state index in [2.05, 4.69) is 95.7 Å². The summed E-state index contributed by atoms with van der Waals surface area (Å²) in [6.45, 7) is 26.2. The van der Waals surface area contributed by atoms with E-state index >= 15 is 0 Å². The zero-order valence-electron chi connectivity index (χ0n) is 42.3. The summed E-state index contributed by atoms with van der Waals surface area (Å²) in [5.41, 5.74) is 2.44. The van der Waals surface area contributed by atoms with Crippen LogP contribution in [0.25, 0.3) is 0 Å². The number of nitrogens with one attached hydrogen (secondary N) is 8. The zero-order chi connectivity index (χ0) is 45.9. The number of fused-ring (bicyclic) bond motifs is 20. The molecule has 0 radical (unpaired) electrons. The number of ether oxygens (including phenoxy) is 2. The van der Waals surface area contributed by atoms with Crippen LogP contribution in [-0.2, 0) is 17.7 Å². The van der Waals surface area contributed by atoms with Crippen LogP contribution in [0.4, 0.5) is 0 Å². The lowest BCUT2D eigenvalue weighted by atomic mass is 9.76. The zero-order valence-corrected chi connectivity index (χ0v) is 45.7. The summed E-state index contributed by atoms with van der Waals surface area (Å²) in [6.07, 6.45) is 27.5. The summed E-state index contributed by atoms with van der Waals surface area (Å²) in [6, 6.07) is 0. The van der Waals surface area contributed by atoms with E-state index in [0.717, 1.165) is 71.3 Å². The van der Waals surface area contributed by atoms with Gasteiger partial charge in [0.15, 0.2) is 0 Å². The molecule has 8 N–H and O–H groups in total. The number of hydrogen-bond donors (Lipinski definition) is 8. The second-order valence-corrected chi connectivity index (χ2v) is 33.8. The molecule has 0 aromatic carbocycles. The monoisotopic (exact) mass is 957 g/mol. The highest BCUT2D eigenvalue weighted by atomic mass is 28.4. The van der Waals surface area contributed by atoms with Gasteiger partial charge in [-0.3, -0.25) is 42.5 Å². The molecule has 9 rings (SSSR count). The van der Waals surface area contributed by atoms with Crippen molar-refractivity contribution in [2.45, 2.75) is 230 Å². The van der Waals surface area contributed by atoms with Crippen molar-refractivity contribution < 1.29 is 17.7 Å². The Morgan fingerprint density at radius 1 is 0.431 bits per heavy atom. The molecule has 15 heteroatoms. The van der Waals surface area contributed by atoms with Crippen LogP contribution in [0, 0.1) is 47.3 Å². The van der Waals surface area contributed by atoms with Crippen molar-refractivity contribution >= 4 is 26.6 Å². The van der Waals surface area contributed by atoms with Crippen molar-refractivity contribution in [3.8, 4) is 0 Å². The summed E-state index contributed by atoms with van der Waals surface area (Å²) < 4.78 is 24.7. The van der Waals surface area contributed by atoms with Gasteiger partial charge in [-0.05, 0) is 152 Å². The molecule has 0 aromatic rings. The first kappa shape index (κ1) is 51.0. The molecule has 5 aliphatic heterocycles. The number of hydrogen-bond acceptors (Lipinski definition) is 12. The van der Waals surface area contributed by atoms with Gasteiger partial charge >= 0.3 is 0 Å². The van der Waals surface area contributed by atoms with Crippen molar-refractivity contribution in [2.24, 2.45) is 47.3 Å². The predicted octanol–water partition coefficient (Wildman–Crippen LogP) is 6.86. The van der Waals surface area contributed by atoms with Crippen LogP contribution < -0.4 is 42.5 Å². The van der Waals surface area contributed by atoms with Crippen molar-refractivity contribution in [1.82, 2.24) is 42.5 Å². The lowest BCUT2D eigenvalue weighted by Gasteiger charge is -2.35. The first-order chi connectivity index (χ1) is 31.3. The van der Waals surface area contributed by atoms with Gasteiger partial charge in [-0.2, -0.15) is 0 Å². The van der Waals surface area contributed by atoms with Crippen LogP contribution in [0.1, 0.15) is 143 Å². The summed E-state index contributed by atoms with van der Waals surface area (Å²) in [5, 5.41) is 33.8. The lowest BCUT2D eigenvalue weighted by molar-refractivity contribution is 0.102. The molecule has 12 nitrogen and oxygen atoms in total. The minimum Gasteiger partial charge on any atom is -0.439 e. The van der Waals surface area contributed by atoms with Gasteiger partial charge in [0.2, 0.25) is 16.6 Å². The Kier molecular flexibility index (Phi) is 17.9. The van der Waals surface area contributed by atoms with Crippen LogP contribution >= 0.6 is 0 Å². The summed E-state index contributed by atoms with van der Waals surface area (Å²) in [5.74, 6) is 5.97. The minimum atomic E-state index is -1.94. The molecule has 4 aliphatic carbocycles. The third kappa shape index (κ3) is 12.1. The molecule has 0 spiro atoms. The molecule has 0 aromatic heterocycles. The van der Waals surface area contributed by atoms with E-state index in [0.29, 0.717) is 62.5 Å². The van der Waals surface area contributed by atoms with Gasteiger partial charge < -0.3 is 17.7 Å². The maximum Gasteiger partial charge on any atom is 0.283 e. The van der Waals surface area contributed by atoms with Crippen molar-refractivity contribution in [2.75, 3.05) is 13.2 Å². The van der Waals surface area contributed by atoms with E-state index < -0.39 is 26.6 Å². The summed E-state index contributed by atoms with van der Waals surface area (Å²) >= 11 is 0. The van der Waals surface area contributed by atoms with Crippen LogP contribution in [0.5, 0.6) is 0 Å². The fraction of sp³-hybridized carbons (Fsp3) is 0.920. The van der Waals surface area contributed by atoms with Gasteiger partial charge in [0.05, 0.1) is 74.0 Å². The highest BCUT2D eigenvalue weighted by Crippen LogP contribution is 2.45. The molecule has 9 fully saturated rings. The maximum absolute atomic E-state index is 6.33. The highest BCUT2D eigenvalue weighted by Gasteiger charge is 2.54. The molecule has 4 saturated carbocycles. The minimum absolute atomic E-state index is 0.173. The first-order valence-electron chi connectivity index (χ1n) is 27.1. The van der Waals surface area contributed by atoms with Gasteiger partial charge in [-0.15, -0.1) is 0 Å². The van der Waals surface area contributed by atoms with E-state index in [1.165, 1.54) is 103 Å². The maximum atomic E-state index is 6.33. The Morgan fingerprint density at radius 2 is 0.631 bits per heavy atom. The van der Waals surface area contributed by atoms with E-state index in [4.69, 9.17) is 17.7 Å². The Bertz CT molecular complexity index is 1320. The van der Waals surface area contributed by atoms with Crippen LogP contribution in [0.15, 0.2) is 24.3 Å². The molecule has 9 aliphatic rings. The van der Waals surface area contributed by atoms with E-state index in [9.17, 15) is 0 Å². The smallest absolute Gasteiger partial charge is 0.283 e. The normalized spacial score (nSPS) is 41.4. The van der Waals surface area contributed by atoms with Gasteiger partial charge in [-0.1, -0.05) is 89.5 Å². The van der Waals surface area contributed by atoms with Gasteiger partial charge in [0.25, 0.3) is 10.0 Å². The fourth-order valence-corrected chi connectivity index (χ4v) is 22.2. The average Bonchev–Trinajstić information content (AvgIpc) is 4.02. The molecule has 0 amide bonds. The molecule has 8 bridgehead atoms. The molecular formula is C50H96N8O4Si3. The fourth-order valence-electron chi connectivity index (χ4n) is 14.6. The molecule has 5 heterocycles. The lowest BCUT2D eigenvalue weighted by Crippen LogP contribution is -2.61. The van der Waals surface area contributed by atoms with Gasteiger partial charge in [-0.25, -0.2) is 0 Å². The first-order valence-corrected chi connectivity index (χ1v) is 34.3. The topological polar surface area (TPSA) is 133 Å². The molecular weight excluding hydrogens is 861 g/mol. The molecule has 10 unspecified atom stereocenters. The summed E-state index contributed by atoms with van der Waals surface area (Å²) in [7, 11) is -4.94. The van der Waals surface area contributed by atoms with E-state index in [1.54, 1.807) is 0 Å². The Hall–Kier alpha value is -0.349. The van der Waals surface area contributed by atoms with Crippen molar-refractivity contribution in [1.29, 1.82) is 0 Å². The quantitative estimate of drug-likeness (QED) is 0.0685. The molecule has 372 valence electrons. The molecule has 5 saturated heterocycles. The second kappa shape index (κ2) is 22.8. The Balaban J connectivity index is 0.000000202. The summed E-state index contributed by atoms with van der Waals surface area (Å²) in [4.78, 5) is 0. The Morgan fingerprint density at radius 3 is 0.800 bits per heavy atom. The van der Waals surface area contributed by atoms with E-state index in [-0.39, 0.29) is 11.5 Å². The van der Waals surface area contributed by atoms with Crippen LogP contribution in [-0.4, -0.2) is 101 Å². The number of rotatable bonds is 14. The molecule has 65 heavy (non-hydrogen) atoms. The Labute approximate surface area is 400 Å². The van der Waals surface area contributed by atoms with E-state index in [1.807, 2.05) is 13.8 Å². The predicted molar refractivity (Wildman–Crippen MR) is 273 cm³/mol.